The van der Waals surface area contributed by atoms with Gasteiger partial charge in [-0.25, -0.2) is 10.1 Å². The van der Waals surface area contributed by atoms with Crippen LogP contribution in [-0.4, -0.2) is 17.0 Å². The lowest BCUT2D eigenvalue weighted by molar-refractivity contribution is -0.485. The number of alkyl halides is 1. The van der Waals surface area contributed by atoms with Crippen molar-refractivity contribution in [1.82, 2.24) is 5.32 Å². The summed E-state index contributed by atoms with van der Waals surface area (Å²) in [5.41, 5.74) is 4.90. The summed E-state index contributed by atoms with van der Waals surface area (Å²) in [6, 6.07) is 0.00315. The van der Waals surface area contributed by atoms with Crippen molar-refractivity contribution >= 4 is 17.6 Å². The van der Waals surface area contributed by atoms with Crippen molar-refractivity contribution < 1.29 is 5.03 Å². The number of nitrogens with two attached hydrogens (primary N) is 1. The van der Waals surface area contributed by atoms with Crippen LogP contribution < -0.4 is 11.1 Å². The Morgan fingerprint density at radius 3 is 2.89 bits per heavy atom. The summed E-state index contributed by atoms with van der Waals surface area (Å²) in [6.45, 7) is 0. The van der Waals surface area contributed by atoms with E-state index in [4.69, 9.17) is 17.3 Å². The largest absolute Gasteiger partial charge is 0.365 e. The molecule has 0 saturated carbocycles. The van der Waals surface area contributed by atoms with Gasteiger partial charge in [0.2, 0.25) is 0 Å². The zero-order valence-corrected chi connectivity index (χ0v) is 5.13. The Balaban J connectivity index is 3.69. The minimum absolute atomic E-state index is 0.00315. The van der Waals surface area contributed by atoms with E-state index in [-0.39, 0.29) is 12.0 Å². The summed E-state index contributed by atoms with van der Waals surface area (Å²) in [4.78, 5) is 9.54. The zero-order valence-electron chi connectivity index (χ0n) is 4.37. The number of hydrogen-bond acceptors (Lipinski definition) is 2. The van der Waals surface area contributed by atoms with E-state index in [9.17, 15) is 10.1 Å². The highest BCUT2D eigenvalue weighted by molar-refractivity contribution is 6.18. The Kier molecular flexibility index (Phi) is 3.45. The molecule has 7 heteroatoms. The molecule has 0 aromatic rings. The molecule has 0 heterocycles. The number of halogens is 1. The topological polar surface area (TPSA) is 93.5 Å². The smallest absolute Gasteiger partial charge is 0.267 e. The monoisotopic (exact) mass is 152 g/mol. The van der Waals surface area contributed by atoms with Crippen molar-refractivity contribution in [2.45, 2.75) is 0 Å². The first-order chi connectivity index (χ1) is 4.16. The van der Waals surface area contributed by atoms with Crippen LogP contribution >= 0.6 is 11.6 Å². The molecule has 0 unspecified atom stereocenters. The van der Waals surface area contributed by atoms with Crippen LogP contribution in [-0.2, 0) is 0 Å². The third-order valence-corrected chi connectivity index (χ3v) is 0.571. The van der Waals surface area contributed by atoms with Crippen molar-refractivity contribution in [3.63, 3.8) is 0 Å². The number of nitrogens with zero attached hydrogens (tertiary/aromatic N) is 2. The first-order valence-electron chi connectivity index (χ1n) is 1.95. The van der Waals surface area contributed by atoms with Gasteiger partial charge in [-0.05, 0) is 0 Å². The number of rotatable bonds is 2. The lowest BCUT2D eigenvalue weighted by Crippen LogP contribution is -2.31. The van der Waals surface area contributed by atoms with Gasteiger partial charge in [-0.3, -0.25) is 0 Å². The molecule has 0 aliphatic carbocycles. The van der Waals surface area contributed by atoms with E-state index < -0.39 is 5.03 Å². The average Bonchev–Trinajstić information content (AvgIpc) is 1.63. The van der Waals surface area contributed by atoms with Crippen LogP contribution in [0, 0.1) is 10.1 Å². The van der Waals surface area contributed by atoms with Gasteiger partial charge in [0, 0.05) is 0 Å². The second kappa shape index (κ2) is 3.90. The average molecular weight is 153 g/mol. The van der Waals surface area contributed by atoms with Gasteiger partial charge in [-0.1, -0.05) is 0 Å². The maximum absolute atomic E-state index is 9.54. The van der Waals surface area contributed by atoms with Crippen molar-refractivity contribution in [2.75, 3.05) is 6.00 Å². The highest BCUT2D eigenvalue weighted by Gasteiger charge is 1.94. The van der Waals surface area contributed by atoms with Crippen LogP contribution in [0.1, 0.15) is 0 Å². The molecule has 0 radical (unpaired) electrons. The molecule has 0 aromatic carbocycles. The van der Waals surface area contributed by atoms with E-state index in [1.165, 1.54) is 0 Å². The molecule has 0 aliphatic heterocycles. The van der Waals surface area contributed by atoms with Crippen molar-refractivity contribution in [3.8, 4) is 0 Å². The minimum Gasteiger partial charge on any atom is -0.365 e. The van der Waals surface area contributed by atoms with Crippen LogP contribution in [0.2, 0.25) is 0 Å². The fourth-order valence-corrected chi connectivity index (χ4v) is 0.329. The molecule has 0 rings (SSSR count). The summed E-state index contributed by atoms with van der Waals surface area (Å²) in [6.07, 6.45) is 0. The van der Waals surface area contributed by atoms with Crippen LogP contribution in [0.3, 0.4) is 0 Å². The van der Waals surface area contributed by atoms with E-state index in [0.29, 0.717) is 0 Å². The lowest BCUT2D eigenvalue weighted by atomic mass is 11.0. The Labute approximate surface area is 55.8 Å². The summed E-state index contributed by atoms with van der Waals surface area (Å²) < 4.78 is 0. The van der Waals surface area contributed by atoms with Crippen LogP contribution in [0.4, 0.5) is 0 Å². The van der Waals surface area contributed by atoms with Gasteiger partial charge in [-0.15, -0.1) is 11.6 Å². The highest BCUT2D eigenvalue weighted by atomic mass is 35.5. The molecule has 0 saturated heterocycles. The number of hydrazone groups is 1. The van der Waals surface area contributed by atoms with Gasteiger partial charge in [0.1, 0.15) is 5.10 Å². The third kappa shape index (κ3) is 4.82. The number of hydrogen-bond donors (Lipinski definition) is 2. The van der Waals surface area contributed by atoms with Gasteiger partial charge in [0.15, 0.2) is 5.03 Å². The van der Waals surface area contributed by atoms with Crippen molar-refractivity contribution in [1.29, 1.82) is 0 Å². The number of nitrogens with one attached hydrogen (secondary N) is 1. The minimum atomic E-state index is -0.908. The molecule has 0 atom stereocenters. The molecule has 0 aromatic heterocycles. The Morgan fingerprint density at radius 2 is 2.56 bits per heavy atom. The summed E-state index contributed by atoms with van der Waals surface area (Å²) >= 11 is 5.09. The molecule has 3 N–H and O–H groups in total. The molecule has 0 amide bonds. The molecule has 0 spiro atoms. The van der Waals surface area contributed by atoms with E-state index in [0.717, 1.165) is 0 Å². The second-order valence-electron chi connectivity index (χ2n) is 1.03. The first-order valence-corrected chi connectivity index (χ1v) is 2.48. The number of nitro groups is 1. The fraction of sp³-hybridized carbons (Fsp3) is 0.500. The van der Waals surface area contributed by atoms with Gasteiger partial charge in [0.25, 0.3) is 5.96 Å². The fourth-order valence-electron chi connectivity index (χ4n) is 0.192. The SMILES string of the molecule is NC(=N[N+](=O)[O-])NCCl. The second-order valence-corrected chi connectivity index (χ2v) is 1.30. The van der Waals surface area contributed by atoms with Crippen molar-refractivity contribution in [2.24, 2.45) is 10.8 Å². The van der Waals surface area contributed by atoms with E-state index in [1.54, 1.807) is 0 Å². The molecule has 6 nitrogen and oxygen atoms in total. The maximum Gasteiger partial charge on any atom is 0.267 e. The predicted molar refractivity (Wildman–Crippen MR) is 32.5 cm³/mol. The van der Waals surface area contributed by atoms with E-state index in [2.05, 4.69) is 10.4 Å². The van der Waals surface area contributed by atoms with Gasteiger partial charge < -0.3 is 11.1 Å². The Hall–Kier alpha value is -1.04. The molecule has 0 aliphatic rings. The summed E-state index contributed by atoms with van der Waals surface area (Å²) in [5.74, 6) is -0.296. The quantitative estimate of drug-likeness (QED) is 0.136. The standard InChI is InChI=1S/C2H5ClN4O2/c3-1-5-2(4)6-7(8)9/h1H2,(H3,4,5,6). The maximum atomic E-state index is 9.54. The van der Waals surface area contributed by atoms with E-state index >= 15 is 0 Å². The normalized spacial score (nSPS) is 11.0. The molecular formula is C2H5ClN4O2. The highest BCUT2D eigenvalue weighted by Crippen LogP contribution is 1.69. The van der Waals surface area contributed by atoms with Gasteiger partial charge in [0.05, 0.1) is 6.00 Å². The Bertz CT molecular complexity index is 135. The lowest BCUT2D eigenvalue weighted by Gasteiger charge is -1.92. The third-order valence-electron chi connectivity index (χ3n) is 0.437. The summed E-state index contributed by atoms with van der Waals surface area (Å²) in [7, 11) is 0. The molecule has 9 heavy (non-hydrogen) atoms. The van der Waals surface area contributed by atoms with E-state index in [1.807, 2.05) is 0 Å². The molecule has 0 fully saturated rings. The van der Waals surface area contributed by atoms with Crippen LogP contribution in [0.5, 0.6) is 0 Å². The molecular weight excluding hydrogens is 148 g/mol. The summed E-state index contributed by atoms with van der Waals surface area (Å²) in [5, 5.41) is 13.5. The van der Waals surface area contributed by atoms with Crippen molar-refractivity contribution in [3.05, 3.63) is 10.1 Å². The van der Waals surface area contributed by atoms with Gasteiger partial charge >= 0.3 is 0 Å². The predicted octanol–water partition coefficient (Wildman–Crippen LogP) is -0.721. The Morgan fingerprint density at radius 1 is 2.00 bits per heavy atom. The van der Waals surface area contributed by atoms with Crippen LogP contribution in [0.25, 0.3) is 0 Å². The first kappa shape index (κ1) is 7.96. The van der Waals surface area contributed by atoms with Gasteiger partial charge in [-0.2, -0.15) is 0 Å². The zero-order chi connectivity index (χ0) is 7.28. The van der Waals surface area contributed by atoms with Crippen LogP contribution in [0.15, 0.2) is 5.10 Å². The molecule has 0 bridgehead atoms. The molecule has 52 valence electrons. The number of guanidine groups is 1.